The maximum Gasteiger partial charge on any atom is 0.289 e. The highest BCUT2D eigenvalue weighted by atomic mass is 16.2. The van der Waals surface area contributed by atoms with Gasteiger partial charge in [0.05, 0.1) is 6.21 Å². The van der Waals surface area contributed by atoms with Gasteiger partial charge < -0.3 is 4.57 Å². The zero-order valence-corrected chi connectivity index (χ0v) is 13.2. The smallest absolute Gasteiger partial charge is 0.289 e. The van der Waals surface area contributed by atoms with Gasteiger partial charge in [-0.1, -0.05) is 31.2 Å². The van der Waals surface area contributed by atoms with Gasteiger partial charge in [0.15, 0.2) is 0 Å². The lowest BCUT2D eigenvalue weighted by molar-refractivity contribution is 0.0950. The predicted molar refractivity (Wildman–Crippen MR) is 91.6 cm³/mol. The van der Waals surface area contributed by atoms with Gasteiger partial charge in [0.25, 0.3) is 5.91 Å². The summed E-state index contributed by atoms with van der Waals surface area (Å²) >= 11 is 0. The summed E-state index contributed by atoms with van der Waals surface area (Å²) in [7, 11) is 1.98. The number of benzene rings is 1. The topological polar surface area (TPSA) is 59.3 Å². The van der Waals surface area contributed by atoms with Crippen LogP contribution in [0, 0.1) is 0 Å². The number of aryl methyl sites for hydroxylation is 2. The van der Waals surface area contributed by atoms with Crippen molar-refractivity contribution in [1.82, 2.24) is 15.0 Å². The monoisotopic (exact) mass is 306 g/mol. The van der Waals surface area contributed by atoms with Crippen molar-refractivity contribution >= 4 is 23.0 Å². The molecule has 0 atom stereocenters. The molecular formula is C18H18N4O. The Kier molecular flexibility index (Phi) is 4.19. The quantitative estimate of drug-likeness (QED) is 0.595. The molecule has 0 saturated carbocycles. The number of para-hydroxylation sites is 1. The van der Waals surface area contributed by atoms with Crippen LogP contribution in [0.4, 0.5) is 0 Å². The lowest BCUT2D eigenvalue weighted by atomic mass is 10.2. The zero-order chi connectivity index (χ0) is 16.2. The summed E-state index contributed by atoms with van der Waals surface area (Å²) in [6.07, 6.45) is 6.24. The van der Waals surface area contributed by atoms with E-state index in [4.69, 9.17) is 0 Å². The summed E-state index contributed by atoms with van der Waals surface area (Å²) in [5, 5.41) is 5.14. The third kappa shape index (κ3) is 3.13. The highest BCUT2D eigenvalue weighted by Gasteiger charge is 2.06. The third-order valence-electron chi connectivity index (χ3n) is 3.76. The fourth-order valence-electron chi connectivity index (χ4n) is 2.46. The van der Waals surface area contributed by atoms with Gasteiger partial charge in [-0.15, -0.1) is 0 Å². The van der Waals surface area contributed by atoms with Crippen LogP contribution in [0.5, 0.6) is 0 Å². The van der Waals surface area contributed by atoms with E-state index in [9.17, 15) is 4.79 Å². The number of pyridine rings is 1. The number of nitrogens with zero attached hydrogens (tertiary/aromatic N) is 3. The normalized spacial score (nSPS) is 11.2. The number of rotatable bonds is 4. The minimum atomic E-state index is -0.316. The van der Waals surface area contributed by atoms with Crippen LogP contribution in [0.15, 0.2) is 53.9 Å². The van der Waals surface area contributed by atoms with Gasteiger partial charge in [0, 0.05) is 35.9 Å². The summed E-state index contributed by atoms with van der Waals surface area (Å²) in [4.78, 5) is 16.1. The number of fused-ring (bicyclic) bond motifs is 1. The van der Waals surface area contributed by atoms with Gasteiger partial charge in [-0.05, 0) is 24.1 Å². The first-order valence-electron chi connectivity index (χ1n) is 7.51. The van der Waals surface area contributed by atoms with Crippen molar-refractivity contribution in [2.24, 2.45) is 12.1 Å². The molecule has 23 heavy (non-hydrogen) atoms. The van der Waals surface area contributed by atoms with Crippen LogP contribution in [0.2, 0.25) is 0 Å². The number of hydrogen-bond acceptors (Lipinski definition) is 3. The van der Waals surface area contributed by atoms with E-state index in [1.54, 1.807) is 18.5 Å². The Hall–Kier alpha value is -2.95. The fraction of sp³-hybridized carbons (Fsp3) is 0.167. The van der Waals surface area contributed by atoms with Crippen LogP contribution in [0.25, 0.3) is 10.9 Å². The highest BCUT2D eigenvalue weighted by Crippen LogP contribution is 2.18. The molecule has 0 saturated heterocycles. The predicted octanol–water partition coefficient (Wildman–Crippen LogP) is 2.90. The maximum absolute atomic E-state index is 12.0. The number of nitrogens with one attached hydrogen (secondary N) is 1. The molecule has 0 unspecified atom stereocenters. The minimum absolute atomic E-state index is 0.316. The molecule has 1 amide bonds. The lowest BCUT2D eigenvalue weighted by Crippen LogP contribution is -2.18. The number of carbonyl (C=O) groups is 1. The molecule has 116 valence electrons. The first-order chi connectivity index (χ1) is 11.2. The van der Waals surface area contributed by atoms with E-state index >= 15 is 0 Å². The average Bonchev–Trinajstić information content (AvgIpc) is 2.91. The van der Waals surface area contributed by atoms with E-state index in [-0.39, 0.29) is 5.91 Å². The van der Waals surface area contributed by atoms with Crippen molar-refractivity contribution in [3.8, 4) is 0 Å². The van der Waals surface area contributed by atoms with Crippen LogP contribution in [0.3, 0.4) is 0 Å². The molecule has 1 aromatic carbocycles. The van der Waals surface area contributed by atoms with Crippen LogP contribution < -0.4 is 5.43 Å². The second-order valence-electron chi connectivity index (χ2n) is 5.32. The van der Waals surface area contributed by atoms with Crippen molar-refractivity contribution in [2.75, 3.05) is 0 Å². The molecular weight excluding hydrogens is 288 g/mol. The Morgan fingerprint density at radius 2 is 2.13 bits per heavy atom. The van der Waals surface area contributed by atoms with Gasteiger partial charge in [-0.25, -0.2) is 5.43 Å². The molecule has 0 fully saturated rings. The molecule has 0 aliphatic carbocycles. The summed E-state index contributed by atoms with van der Waals surface area (Å²) < 4.78 is 2.03. The molecule has 0 spiro atoms. The number of aromatic nitrogens is 2. The van der Waals surface area contributed by atoms with Crippen molar-refractivity contribution in [1.29, 1.82) is 0 Å². The van der Waals surface area contributed by atoms with Crippen molar-refractivity contribution < 1.29 is 4.79 Å². The average molecular weight is 306 g/mol. The van der Waals surface area contributed by atoms with E-state index in [0.29, 0.717) is 5.69 Å². The van der Waals surface area contributed by atoms with Crippen LogP contribution >= 0.6 is 0 Å². The Morgan fingerprint density at radius 3 is 2.87 bits per heavy atom. The van der Waals surface area contributed by atoms with E-state index in [1.165, 1.54) is 0 Å². The number of carbonyl (C=O) groups excluding carboxylic acids is 1. The first-order valence-corrected chi connectivity index (χ1v) is 7.51. The molecule has 0 radical (unpaired) electrons. The Bertz CT molecular complexity index is 862. The highest BCUT2D eigenvalue weighted by molar-refractivity contribution is 6.00. The molecule has 2 aromatic heterocycles. The Morgan fingerprint density at radius 1 is 1.30 bits per heavy atom. The van der Waals surface area contributed by atoms with E-state index in [1.807, 2.05) is 55.1 Å². The van der Waals surface area contributed by atoms with Gasteiger partial charge in [0.1, 0.15) is 5.69 Å². The van der Waals surface area contributed by atoms with Gasteiger partial charge >= 0.3 is 0 Å². The molecule has 5 heteroatoms. The Balaban J connectivity index is 1.73. The second-order valence-corrected chi connectivity index (χ2v) is 5.32. The number of hydrazone groups is 1. The van der Waals surface area contributed by atoms with Crippen LogP contribution in [0.1, 0.15) is 28.5 Å². The Labute approximate surface area is 134 Å². The molecule has 0 aliphatic heterocycles. The SMILES string of the molecule is CCc1ccc(C(=O)N/N=C/c2cn(C)c3ccccc23)nc1. The second kappa shape index (κ2) is 6.44. The fourth-order valence-corrected chi connectivity index (χ4v) is 2.46. The van der Waals surface area contributed by atoms with E-state index in [0.717, 1.165) is 28.5 Å². The standard InChI is InChI=1S/C18H18N4O/c1-3-13-8-9-16(19-10-13)18(23)21-20-11-14-12-22(2)17-7-5-4-6-15(14)17/h4-12H,3H2,1-2H3,(H,21,23)/b20-11+. The summed E-state index contributed by atoms with van der Waals surface area (Å²) in [5.41, 5.74) is 6.05. The summed E-state index contributed by atoms with van der Waals surface area (Å²) in [5.74, 6) is -0.316. The largest absolute Gasteiger partial charge is 0.350 e. The van der Waals surface area contributed by atoms with Crippen molar-refractivity contribution in [2.45, 2.75) is 13.3 Å². The van der Waals surface area contributed by atoms with E-state index < -0.39 is 0 Å². The first kappa shape index (κ1) is 15.0. The maximum atomic E-state index is 12.0. The number of hydrogen-bond donors (Lipinski definition) is 1. The molecule has 3 aromatic rings. The van der Waals surface area contributed by atoms with Crippen molar-refractivity contribution in [3.63, 3.8) is 0 Å². The third-order valence-corrected chi connectivity index (χ3v) is 3.76. The summed E-state index contributed by atoms with van der Waals surface area (Å²) in [6.45, 7) is 2.05. The minimum Gasteiger partial charge on any atom is -0.350 e. The van der Waals surface area contributed by atoms with Gasteiger partial charge in [-0.3, -0.25) is 9.78 Å². The summed E-state index contributed by atoms with van der Waals surface area (Å²) in [6, 6.07) is 11.7. The van der Waals surface area contributed by atoms with Gasteiger partial charge in [0.2, 0.25) is 0 Å². The lowest BCUT2D eigenvalue weighted by Gasteiger charge is -2.00. The zero-order valence-electron chi connectivity index (χ0n) is 13.2. The molecule has 0 aliphatic rings. The molecule has 5 nitrogen and oxygen atoms in total. The van der Waals surface area contributed by atoms with Crippen LogP contribution in [-0.4, -0.2) is 21.7 Å². The molecule has 2 heterocycles. The van der Waals surface area contributed by atoms with Crippen molar-refractivity contribution in [3.05, 3.63) is 65.6 Å². The molecule has 1 N–H and O–H groups in total. The molecule has 0 bridgehead atoms. The van der Waals surface area contributed by atoms with Crippen LogP contribution in [-0.2, 0) is 13.5 Å². The number of amides is 1. The molecule has 3 rings (SSSR count). The van der Waals surface area contributed by atoms with E-state index in [2.05, 4.69) is 15.5 Å². The van der Waals surface area contributed by atoms with Gasteiger partial charge in [-0.2, -0.15) is 5.10 Å².